The van der Waals surface area contributed by atoms with Gasteiger partial charge in [-0.05, 0) is 48.6 Å². The fourth-order valence-corrected chi connectivity index (χ4v) is 3.20. The summed E-state index contributed by atoms with van der Waals surface area (Å²) < 4.78 is 5.33. The second-order valence-electron chi connectivity index (χ2n) is 5.91. The molecule has 4 nitrogen and oxygen atoms in total. The van der Waals surface area contributed by atoms with Crippen LogP contribution >= 0.6 is 0 Å². The van der Waals surface area contributed by atoms with Gasteiger partial charge in [0.15, 0.2) is 0 Å². The number of likely N-dealkylation sites (tertiary alicyclic amines) is 1. The molecule has 0 radical (unpaired) electrons. The Labute approximate surface area is 137 Å². The normalized spacial score (nSPS) is 17.8. The average molecular weight is 310 g/mol. The molecule has 1 aliphatic heterocycles. The summed E-state index contributed by atoms with van der Waals surface area (Å²) in [7, 11) is 1.67. The van der Waals surface area contributed by atoms with Gasteiger partial charge in [-0.1, -0.05) is 18.2 Å². The molecule has 0 N–H and O–H groups in total. The van der Waals surface area contributed by atoms with Gasteiger partial charge < -0.3 is 9.64 Å². The molecule has 1 amide bonds. The van der Waals surface area contributed by atoms with Gasteiger partial charge in [0.25, 0.3) is 0 Å². The highest BCUT2D eigenvalue weighted by atomic mass is 16.5. The second-order valence-corrected chi connectivity index (χ2v) is 5.91. The maximum Gasteiger partial charge on any atom is 0.227 e. The summed E-state index contributed by atoms with van der Waals surface area (Å²) in [6, 6.07) is 12.0. The zero-order chi connectivity index (χ0) is 16.1. The predicted molar refractivity (Wildman–Crippen MR) is 89.2 cm³/mol. The molecular weight excluding hydrogens is 288 g/mol. The summed E-state index contributed by atoms with van der Waals surface area (Å²) in [6.45, 7) is 0.820. The lowest BCUT2D eigenvalue weighted by Gasteiger charge is -2.36. The van der Waals surface area contributed by atoms with E-state index in [1.165, 1.54) is 0 Å². The molecule has 2 aromatic rings. The first-order valence-corrected chi connectivity index (χ1v) is 8.10. The van der Waals surface area contributed by atoms with Gasteiger partial charge in [-0.15, -0.1) is 0 Å². The number of benzene rings is 1. The summed E-state index contributed by atoms with van der Waals surface area (Å²) in [4.78, 5) is 18.9. The molecule has 0 spiro atoms. The average Bonchev–Trinajstić information content (AvgIpc) is 2.62. The lowest BCUT2D eigenvalue weighted by Crippen LogP contribution is -2.39. The third kappa shape index (κ3) is 3.70. The molecule has 1 aromatic heterocycles. The molecule has 120 valence electrons. The Bertz CT molecular complexity index is 657. The Morgan fingerprint density at radius 1 is 1.30 bits per heavy atom. The SMILES string of the molecule is COc1cccc([C@H]2CCCCN2C(=O)Cc2cccnc2)c1. The first kappa shape index (κ1) is 15.5. The maximum atomic E-state index is 12.8. The van der Waals surface area contributed by atoms with Crippen LogP contribution in [0.1, 0.15) is 36.4 Å². The lowest BCUT2D eigenvalue weighted by molar-refractivity contribution is -0.134. The van der Waals surface area contributed by atoms with Crippen molar-refractivity contribution in [1.82, 2.24) is 9.88 Å². The predicted octanol–water partition coefficient (Wildman–Crippen LogP) is 3.39. The first-order valence-electron chi connectivity index (χ1n) is 8.10. The monoisotopic (exact) mass is 310 g/mol. The van der Waals surface area contributed by atoms with E-state index in [-0.39, 0.29) is 11.9 Å². The van der Waals surface area contributed by atoms with Gasteiger partial charge in [0.2, 0.25) is 5.91 Å². The van der Waals surface area contributed by atoms with Crippen molar-refractivity contribution < 1.29 is 9.53 Å². The van der Waals surface area contributed by atoms with E-state index in [1.807, 2.05) is 35.2 Å². The number of carbonyl (C=O) groups excluding carboxylic acids is 1. The minimum atomic E-state index is 0.142. The van der Waals surface area contributed by atoms with Gasteiger partial charge in [0, 0.05) is 18.9 Å². The highest BCUT2D eigenvalue weighted by Gasteiger charge is 2.28. The standard InChI is InChI=1S/C19H22N2O2/c1-23-17-8-4-7-16(13-17)18-9-2-3-11-21(18)19(22)12-15-6-5-10-20-14-15/h4-8,10,13-14,18H,2-3,9,11-12H2,1H3/t18-/m1/s1. The van der Waals surface area contributed by atoms with E-state index in [0.717, 1.165) is 42.7 Å². The smallest absolute Gasteiger partial charge is 0.227 e. The van der Waals surface area contributed by atoms with Crippen molar-refractivity contribution in [3.8, 4) is 5.75 Å². The van der Waals surface area contributed by atoms with Crippen LogP contribution < -0.4 is 4.74 Å². The Balaban J connectivity index is 1.79. The molecule has 1 fully saturated rings. The molecule has 0 saturated carbocycles. The van der Waals surface area contributed by atoms with E-state index in [9.17, 15) is 4.79 Å². The van der Waals surface area contributed by atoms with E-state index in [2.05, 4.69) is 11.1 Å². The van der Waals surface area contributed by atoms with Crippen molar-refractivity contribution in [2.75, 3.05) is 13.7 Å². The van der Waals surface area contributed by atoms with Crippen molar-refractivity contribution >= 4 is 5.91 Å². The fraction of sp³-hybridized carbons (Fsp3) is 0.368. The molecule has 3 rings (SSSR count). The van der Waals surface area contributed by atoms with E-state index in [4.69, 9.17) is 4.74 Å². The highest BCUT2D eigenvalue weighted by molar-refractivity contribution is 5.79. The summed E-state index contributed by atoms with van der Waals surface area (Å²) in [5, 5.41) is 0. The van der Waals surface area contributed by atoms with Crippen LogP contribution in [-0.2, 0) is 11.2 Å². The fourth-order valence-electron chi connectivity index (χ4n) is 3.20. The van der Waals surface area contributed by atoms with E-state index < -0.39 is 0 Å². The largest absolute Gasteiger partial charge is 0.497 e. The minimum absolute atomic E-state index is 0.142. The van der Waals surface area contributed by atoms with Crippen molar-refractivity contribution in [2.45, 2.75) is 31.7 Å². The summed E-state index contributed by atoms with van der Waals surface area (Å²) in [5.74, 6) is 1.01. The van der Waals surface area contributed by atoms with E-state index >= 15 is 0 Å². The molecule has 0 unspecified atom stereocenters. The number of carbonyl (C=O) groups is 1. The van der Waals surface area contributed by atoms with Crippen molar-refractivity contribution in [1.29, 1.82) is 0 Å². The Morgan fingerprint density at radius 2 is 2.22 bits per heavy atom. The number of hydrogen-bond donors (Lipinski definition) is 0. The van der Waals surface area contributed by atoms with E-state index in [0.29, 0.717) is 6.42 Å². The van der Waals surface area contributed by atoms with Crippen LogP contribution in [0.5, 0.6) is 5.75 Å². The van der Waals surface area contributed by atoms with Crippen LogP contribution in [0.25, 0.3) is 0 Å². The van der Waals surface area contributed by atoms with Gasteiger partial charge >= 0.3 is 0 Å². The van der Waals surface area contributed by atoms with Gasteiger partial charge in [-0.25, -0.2) is 0 Å². The number of ether oxygens (including phenoxy) is 1. The Hall–Kier alpha value is -2.36. The third-order valence-electron chi connectivity index (χ3n) is 4.38. The molecule has 1 saturated heterocycles. The van der Waals surface area contributed by atoms with Gasteiger partial charge in [0.05, 0.1) is 19.6 Å². The minimum Gasteiger partial charge on any atom is -0.497 e. The molecule has 0 aliphatic carbocycles. The number of pyridine rings is 1. The number of methoxy groups -OCH3 is 1. The molecular formula is C19H22N2O2. The van der Waals surface area contributed by atoms with Gasteiger partial charge in [0.1, 0.15) is 5.75 Å². The number of amides is 1. The first-order chi connectivity index (χ1) is 11.3. The van der Waals surface area contributed by atoms with Crippen LogP contribution in [0.4, 0.5) is 0 Å². The Morgan fingerprint density at radius 3 is 3.00 bits per heavy atom. The molecule has 1 atom stereocenters. The van der Waals surface area contributed by atoms with Crippen LogP contribution in [0.15, 0.2) is 48.8 Å². The van der Waals surface area contributed by atoms with E-state index in [1.54, 1.807) is 19.5 Å². The molecule has 2 heterocycles. The lowest BCUT2D eigenvalue weighted by atomic mass is 9.94. The van der Waals surface area contributed by atoms with Crippen LogP contribution in [0.3, 0.4) is 0 Å². The molecule has 4 heteroatoms. The van der Waals surface area contributed by atoms with Crippen molar-refractivity contribution in [3.63, 3.8) is 0 Å². The van der Waals surface area contributed by atoms with Crippen LogP contribution in [0, 0.1) is 0 Å². The number of nitrogens with zero attached hydrogens (tertiary/aromatic N) is 2. The number of piperidine rings is 1. The molecule has 0 bridgehead atoms. The zero-order valence-electron chi connectivity index (χ0n) is 13.4. The summed E-state index contributed by atoms with van der Waals surface area (Å²) in [5.41, 5.74) is 2.12. The number of rotatable bonds is 4. The van der Waals surface area contributed by atoms with Crippen LogP contribution in [0.2, 0.25) is 0 Å². The quantitative estimate of drug-likeness (QED) is 0.869. The van der Waals surface area contributed by atoms with Crippen molar-refractivity contribution in [3.05, 3.63) is 59.9 Å². The van der Waals surface area contributed by atoms with Crippen LogP contribution in [-0.4, -0.2) is 29.4 Å². The Kier molecular flexibility index (Phi) is 4.91. The topological polar surface area (TPSA) is 42.4 Å². The highest BCUT2D eigenvalue weighted by Crippen LogP contribution is 2.32. The third-order valence-corrected chi connectivity index (χ3v) is 4.38. The number of aromatic nitrogens is 1. The number of hydrogen-bond acceptors (Lipinski definition) is 3. The van der Waals surface area contributed by atoms with Crippen molar-refractivity contribution in [2.24, 2.45) is 0 Å². The molecule has 23 heavy (non-hydrogen) atoms. The summed E-state index contributed by atoms with van der Waals surface area (Å²) in [6.07, 6.45) is 7.13. The second kappa shape index (κ2) is 7.27. The zero-order valence-corrected chi connectivity index (χ0v) is 13.4. The molecule has 1 aromatic carbocycles. The van der Waals surface area contributed by atoms with Gasteiger partial charge in [-0.2, -0.15) is 0 Å². The maximum absolute atomic E-state index is 12.8. The van der Waals surface area contributed by atoms with Gasteiger partial charge in [-0.3, -0.25) is 9.78 Å². The summed E-state index contributed by atoms with van der Waals surface area (Å²) >= 11 is 0. The molecule has 1 aliphatic rings.